The number of aliphatic imine (C=N–C) groups is 1. The minimum atomic E-state index is 0.237. The molecular formula is C11H22N4O. The highest BCUT2D eigenvalue weighted by atomic mass is 16.5. The first-order valence-electron chi connectivity index (χ1n) is 5.61. The fourth-order valence-electron chi connectivity index (χ4n) is 1.59. The maximum atomic E-state index is 5.64. The van der Waals surface area contributed by atoms with Crippen LogP contribution < -0.4 is 10.6 Å². The van der Waals surface area contributed by atoms with Crippen molar-refractivity contribution in [2.45, 2.75) is 6.10 Å². The summed E-state index contributed by atoms with van der Waals surface area (Å²) in [6.07, 6.45) is 2.04. The smallest absolute Gasteiger partial charge is 0.191 e. The van der Waals surface area contributed by atoms with Crippen LogP contribution in [0.4, 0.5) is 0 Å². The number of ether oxygens (including phenoxy) is 1. The first-order chi connectivity index (χ1) is 7.76. The van der Waals surface area contributed by atoms with Crippen molar-refractivity contribution in [1.82, 2.24) is 15.5 Å². The average molecular weight is 226 g/mol. The number of guanidine groups is 1. The monoisotopic (exact) mass is 226 g/mol. The zero-order valence-electron chi connectivity index (χ0n) is 10.2. The molecular weight excluding hydrogens is 204 g/mol. The first-order valence-corrected chi connectivity index (χ1v) is 5.61. The van der Waals surface area contributed by atoms with E-state index < -0.39 is 0 Å². The van der Waals surface area contributed by atoms with E-state index in [-0.39, 0.29) is 6.10 Å². The number of nitrogens with zero attached hydrogens (tertiary/aromatic N) is 2. The van der Waals surface area contributed by atoms with Gasteiger partial charge in [0.1, 0.15) is 0 Å². The van der Waals surface area contributed by atoms with Gasteiger partial charge in [-0.2, -0.15) is 0 Å². The summed E-state index contributed by atoms with van der Waals surface area (Å²) in [6, 6.07) is 0. The molecule has 0 amide bonds. The summed E-state index contributed by atoms with van der Waals surface area (Å²) < 4.78 is 5.64. The van der Waals surface area contributed by atoms with Crippen LogP contribution in [-0.2, 0) is 4.74 Å². The van der Waals surface area contributed by atoms with E-state index in [9.17, 15) is 0 Å². The van der Waals surface area contributed by atoms with Gasteiger partial charge in [-0.15, -0.1) is 6.58 Å². The maximum absolute atomic E-state index is 5.64. The van der Waals surface area contributed by atoms with Crippen LogP contribution in [0.1, 0.15) is 0 Å². The normalized spacial score (nSPS) is 22.9. The summed E-state index contributed by atoms with van der Waals surface area (Å²) in [6.45, 7) is 7.93. The van der Waals surface area contributed by atoms with Gasteiger partial charge in [0.2, 0.25) is 0 Å². The molecule has 1 atom stereocenters. The Morgan fingerprint density at radius 3 is 3.06 bits per heavy atom. The van der Waals surface area contributed by atoms with Gasteiger partial charge in [0.05, 0.1) is 12.7 Å². The van der Waals surface area contributed by atoms with E-state index >= 15 is 0 Å². The van der Waals surface area contributed by atoms with Crippen LogP contribution in [0.3, 0.4) is 0 Å². The second-order valence-electron chi connectivity index (χ2n) is 3.88. The van der Waals surface area contributed by atoms with Crippen LogP contribution in [-0.4, -0.2) is 63.8 Å². The Hall–Kier alpha value is -1.07. The minimum absolute atomic E-state index is 0.237. The van der Waals surface area contributed by atoms with Gasteiger partial charge in [0.25, 0.3) is 0 Å². The van der Waals surface area contributed by atoms with Crippen molar-refractivity contribution in [1.29, 1.82) is 0 Å². The van der Waals surface area contributed by atoms with Gasteiger partial charge < -0.3 is 20.3 Å². The molecule has 0 aromatic carbocycles. The van der Waals surface area contributed by atoms with E-state index in [0.29, 0.717) is 6.54 Å². The molecule has 5 nitrogen and oxygen atoms in total. The number of rotatable bonds is 4. The lowest BCUT2D eigenvalue weighted by Gasteiger charge is -2.30. The fraction of sp³-hybridized carbons (Fsp3) is 0.727. The van der Waals surface area contributed by atoms with Crippen molar-refractivity contribution in [3.8, 4) is 0 Å². The molecule has 0 aliphatic carbocycles. The molecule has 1 rings (SSSR count). The van der Waals surface area contributed by atoms with Crippen molar-refractivity contribution >= 4 is 5.96 Å². The quantitative estimate of drug-likeness (QED) is 0.391. The van der Waals surface area contributed by atoms with Gasteiger partial charge in [-0.05, 0) is 7.05 Å². The van der Waals surface area contributed by atoms with Crippen molar-refractivity contribution in [3.63, 3.8) is 0 Å². The Bertz CT molecular complexity index is 242. The molecule has 1 fully saturated rings. The first kappa shape index (κ1) is 13.0. The second kappa shape index (κ2) is 7.24. The fourth-order valence-corrected chi connectivity index (χ4v) is 1.59. The van der Waals surface area contributed by atoms with Crippen LogP contribution in [0.2, 0.25) is 0 Å². The van der Waals surface area contributed by atoms with Gasteiger partial charge in [0, 0.05) is 33.2 Å². The molecule has 92 valence electrons. The van der Waals surface area contributed by atoms with Crippen LogP contribution in [0.5, 0.6) is 0 Å². The minimum Gasteiger partial charge on any atom is -0.374 e. The van der Waals surface area contributed by atoms with E-state index in [4.69, 9.17) is 4.74 Å². The highest BCUT2D eigenvalue weighted by Crippen LogP contribution is 2.01. The predicted octanol–water partition coefficient (Wildman–Crippen LogP) is -0.332. The Morgan fingerprint density at radius 1 is 1.62 bits per heavy atom. The number of hydrogen-bond acceptors (Lipinski definition) is 3. The summed E-state index contributed by atoms with van der Waals surface area (Å²) >= 11 is 0. The van der Waals surface area contributed by atoms with E-state index in [1.54, 1.807) is 13.1 Å². The Labute approximate surface area is 97.6 Å². The largest absolute Gasteiger partial charge is 0.374 e. The highest BCUT2D eigenvalue weighted by Gasteiger charge is 2.17. The summed E-state index contributed by atoms with van der Waals surface area (Å²) in [5, 5.41) is 6.36. The molecule has 0 aromatic rings. The molecule has 0 aromatic heterocycles. The summed E-state index contributed by atoms with van der Waals surface area (Å²) in [4.78, 5) is 6.38. The number of morpholine rings is 1. The predicted molar refractivity (Wildman–Crippen MR) is 66.8 cm³/mol. The van der Waals surface area contributed by atoms with Crippen LogP contribution in [0.15, 0.2) is 17.6 Å². The second-order valence-corrected chi connectivity index (χ2v) is 3.88. The molecule has 16 heavy (non-hydrogen) atoms. The van der Waals surface area contributed by atoms with E-state index in [2.05, 4.69) is 34.2 Å². The molecule has 0 radical (unpaired) electrons. The number of hydrogen-bond donors (Lipinski definition) is 2. The van der Waals surface area contributed by atoms with Gasteiger partial charge >= 0.3 is 0 Å². The zero-order valence-corrected chi connectivity index (χ0v) is 10.2. The lowest BCUT2D eigenvalue weighted by Crippen LogP contribution is -2.48. The van der Waals surface area contributed by atoms with Crippen LogP contribution in [0, 0.1) is 0 Å². The third-order valence-electron chi connectivity index (χ3n) is 2.48. The Morgan fingerprint density at radius 2 is 2.44 bits per heavy atom. The summed E-state index contributed by atoms with van der Waals surface area (Å²) in [7, 11) is 3.87. The van der Waals surface area contributed by atoms with E-state index in [1.807, 2.05) is 0 Å². The third kappa shape index (κ3) is 4.63. The van der Waals surface area contributed by atoms with Crippen LogP contribution >= 0.6 is 0 Å². The maximum Gasteiger partial charge on any atom is 0.191 e. The number of nitrogens with one attached hydrogen (secondary N) is 2. The summed E-state index contributed by atoms with van der Waals surface area (Å²) in [5.74, 6) is 0.789. The van der Waals surface area contributed by atoms with Crippen molar-refractivity contribution in [2.24, 2.45) is 4.99 Å². The van der Waals surface area contributed by atoms with E-state index in [1.165, 1.54) is 0 Å². The van der Waals surface area contributed by atoms with E-state index in [0.717, 1.165) is 32.2 Å². The van der Waals surface area contributed by atoms with Crippen molar-refractivity contribution in [2.75, 3.05) is 46.9 Å². The van der Waals surface area contributed by atoms with Crippen molar-refractivity contribution in [3.05, 3.63) is 12.7 Å². The molecule has 0 spiro atoms. The van der Waals surface area contributed by atoms with Gasteiger partial charge in [0.15, 0.2) is 5.96 Å². The standard InChI is InChI=1S/C11H22N4O/c1-4-5-13-11(12-2)14-8-10-9-15(3)6-7-16-10/h4,10H,1,5-9H2,2-3H3,(H2,12,13,14). The average Bonchev–Trinajstić information content (AvgIpc) is 2.29. The summed E-state index contributed by atoms with van der Waals surface area (Å²) in [5.41, 5.74) is 0. The number of likely N-dealkylation sites (N-methyl/N-ethyl adjacent to an activating group) is 1. The molecule has 0 saturated carbocycles. The van der Waals surface area contributed by atoms with Gasteiger partial charge in [-0.3, -0.25) is 4.99 Å². The van der Waals surface area contributed by atoms with Crippen molar-refractivity contribution < 1.29 is 4.74 Å². The molecule has 1 unspecified atom stereocenters. The Balaban J connectivity index is 2.23. The SMILES string of the molecule is C=CCNC(=NC)NCC1CN(C)CCO1. The zero-order chi connectivity index (χ0) is 11.8. The molecule has 5 heteroatoms. The molecule has 1 aliphatic rings. The third-order valence-corrected chi connectivity index (χ3v) is 2.48. The lowest BCUT2D eigenvalue weighted by molar-refractivity contribution is -0.0161. The molecule has 0 bridgehead atoms. The topological polar surface area (TPSA) is 48.9 Å². The molecule has 1 aliphatic heterocycles. The van der Waals surface area contributed by atoms with Gasteiger partial charge in [-0.25, -0.2) is 0 Å². The highest BCUT2D eigenvalue weighted by molar-refractivity contribution is 5.79. The Kier molecular flexibility index (Phi) is 5.88. The molecule has 1 heterocycles. The van der Waals surface area contributed by atoms with Crippen LogP contribution in [0.25, 0.3) is 0 Å². The molecule has 2 N–H and O–H groups in total. The lowest BCUT2D eigenvalue weighted by atomic mass is 10.3. The van der Waals surface area contributed by atoms with Gasteiger partial charge in [-0.1, -0.05) is 6.08 Å². The molecule has 1 saturated heterocycles.